The van der Waals surface area contributed by atoms with Gasteiger partial charge in [-0.05, 0) is 45.4 Å². The number of hydrogen-bond acceptors (Lipinski definition) is 1. The molecule has 0 spiro atoms. The maximum Gasteiger partial charge on any atom is 0.0991 e. The van der Waals surface area contributed by atoms with Gasteiger partial charge in [-0.2, -0.15) is 5.26 Å². The Labute approximate surface area is 158 Å². The highest BCUT2D eigenvalue weighted by Gasteiger charge is 1.85. The molecule has 0 saturated heterocycles. The summed E-state index contributed by atoms with van der Waals surface area (Å²) in [5, 5.41) is 8.38. The van der Waals surface area contributed by atoms with Crippen LogP contribution in [0.4, 0.5) is 0 Å². The Hall–Kier alpha value is -3.11. The first-order chi connectivity index (χ1) is 12.5. The average molecular weight is 341 g/mol. The van der Waals surface area contributed by atoms with E-state index in [1.54, 1.807) is 0 Å². The van der Waals surface area contributed by atoms with E-state index in [9.17, 15) is 0 Å². The second kappa shape index (κ2) is 12.3. The molecule has 132 valence electrons. The topological polar surface area (TPSA) is 23.8 Å². The maximum absolute atomic E-state index is 8.38. The van der Waals surface area contributed by atoms with Gasteiger partial charge in [0.15, 0.2) is 0 Å². The van der Waals surface area contributed by atoms with Gasteiger partial charge in [-0.1, -0.05) is 95.6 Å². The van der Waals surface area contributed by atoms with Gasteiger partial charge in [-0.15, -0.1) is 0 Å². The third kappa shape index (κ3) is 9.25. The normalized spacial score (nSPS) is 9.35. The number of allylic oxidation sites excluding steroid dienone is 1. The smallest absolute Gasteiger partial charge is 0.0991 e. The molecule has 26 heavy (non-hydrogen) atoms. The highest BCUT2D eigenvalue weighted by molar-refractivity contribution is 5.47. The predicted octanol–water partition coefficient (Wildman–Crippen LogP) is 6.89. The molecule has 0 saturated carbocycles. The summed E-state index contributed by atoms with van der Waals surface area (Å²) in [6, 6.07) is 28.3. The van der Waals surface area contributed by atoms with Gasteiger partial charge in [0.2, 0.25) is 0 Å². The van der Waals surface area contributed by atoms with Gasteiger partial charge in [-0.3, -0.25) is 0 Å². The first-order valence-corrected chi connectivity index (χ1v) is 8.73. The lowest BCUT2D eigenvalue weighted by Crippen LogP contribution is -1.72. The van der Waals surface area contributed by atoms with Crippen molar-refractivity contribution in [1.29, 1.82) is 5.26 Å². The molecule has 3 rings (SSSR count). The third-order valence-electron chi connectivity index (χ3n) is 3.56. The van der Waals surface area contributed by atoms with Crippen molar-refractivity contribution < 1.29 is 0 Å². The molecule has 0 radical (unpaired) electrons. The lowest BCUT2D eigenvalue weighted by molar-refractivity contribution is 1.40. The van der Waals surface area contributed by atoms with Gasteiger partial charge in [0.05, 0.1) is 11.6 Å². The molecular weight excluding hydrogens is 314 g/mol. The largest absolute Gasteiger partial charge is 0.192 e. The Balaban J connectivity index is 0.000000195. The molecule has 0 aliphatic rings. The van der Waals surface area contributed by atoms with Crippen molar-refractivity contribution in [2.75, 3.05) is 0 Å². The molecular formula is C25H27N. The highest BCUT2D eigenvalue weighted by Crippen LogP contribution is 2.01. The first-order valence-electron chi connectivity index (χ1n) is 8.73. The molecule has 1 heteroatoms. The van der Waals surface area contributed by atoms with Crippen LogP contribution in [0.2, 0.25) is 0 Å². The van der Waals surface area contributed by atoms with Gasteiger partial charge < -0.3 is 0 Å². The van der Waals surface area contributed by atoms with Gasteiger partial charge in [0.1, 0.15) is 0 Å². The van der Waals surface area contributed by atoms with E-state index in [0.29, 0.717) is 0 Å². The van der Waals surface area contributed by atoms with E-state index in [4.69, 9.17) is 5.26 Å². The van der Waals surface area contributed by atoms with E-state index in [-0.39, 0.29) is 0 Å². The Kier molecular flexibility index (Phi) is 9.89. The molecule has 0 bridgehead atoms. The van der Waals surface area contributed by atoms with E-state index in [0.717, 1.165) is 5.56 Å². The van der Waals surface area contributed by atoms with Crippen molar-refractivity contribution in [3.05, 3.63) is 113 Å². The molecule has 0 aliphatic heterocycles. The fourth-order valence-electron chi connectivity index (χ4n) is 2.02. The molecule has 0 aliphatic carbocycles. The van der Waals surface area contributed by atoms with Crippen LogP contribution in [0, 0.1) is 32.1 Å². The van der Waals surface area contributed by atoms with Crippen molar-refractivity contribution in [3.63, 3.8) is 0 Å². The minimum atomic E-state index is 0.723. The zero-order valence-corrected chi connectivity index (χ0v) is 16.1. The number of rotatable bonds is 1. The summed E-state index contributed by atoms with van der Waals surface area (Å²) in [4.78, 5) is 0. The second-order valence-electron chi connectivity index (χ2n) is 6.04. The van der Waals surface area contributed by atoms with Gasteiger partial charge in [-0.25, -0.2) is 0 Å². The summed E-state index contributed by atoms with van der Waals surface area (Å²) >= 11 is 0. The van der Waals surface area contributed by atoms with Crippen LogP contribution in [0.1, 0.15) is 34.7 Å². The minimum absolute atomic E-state index is 0.723. The summed E-state index contributed by atoms with van der Waals surface area (Å²) < 4.78 is 0. The zero-order valence-electron chi connectivity index (χ0n) is 16.1. The number of aryl methyl sites for hydroxylation is 3. The van der Waals surface area contributed by atoms with Gasteiger partial charge in [0, 0.05) is 0 Å². The number of nitriles is 1. The zero-order chi connectivity index (χ0) is 19.2. The van der Waals surface area contributed by atoms with Crippen LogP contribution in [0.5, 0.6) is 0 Å². The van der Waals surface area contributed by atoms with Crippen LogP contribution in [0.15, 0.2) is 84.9 Å². The van der Waals surface area contributed by atoms with E-state index < -0.39 is 0 Å². The molecule has 0 atom stereocenters. The first kappa shape index (κ1) is 20.9. The molecule has 0 unspecified atom stereocenters. The van der Waals surface area contributed by atoms with E-state index in [1.165, 1.54) is 22.3 Å². The summed E-state index contributed by atoms with van der Waals surface area (Å²) in [6.45, 7) is 8.22. The summed E-state index contributed by atoms with van der Waals surface area (Å²) in [5.41, 5.74) is 5.83. The van der Waals surface area contributed by atoms with E-state index in [2.05, 4.69) is 62.4 Å². The van der Waals surface area contributed by atoms with Gasteiger partial charge >= 0.3 is 0 Å². The SMILES string of the molecule is C/C=C/c1ccccc1.Cc1ccc(C#N)cc1.Cc1ccc(C)cc1. The van der Waals surface area contributed by atoms with Crippen LogP contribution >= 0.6 is 0 Å². The molecule has 0 aromatic heterocycles. The second-order valence-corrected chi connectivity index (χ2v) is 6.04. The van der Waals surface area contributed by atoms with Crippen molar-refractivity contribution in [1.82, 2.24) is 0 Å². The monoisotopic (exact) mass is 341 g/mol. The fourth-order valence-corrected chi connectivity index (χ4v) is 2.02. The third-order valence-corrected chi connectivity index (χ3v) is 3.56. The van der Waals surface area contributed by atoms with Crippen LogP contribution in [0.25, 0.3) is 6.08 Å². The lowest BCUT2D eigenvalue weighted by Gasteiger charge is -1.90. The molecule has 0 heterocycles. The van der Waals surface area contributed by atoms with E-state index >= 15 is 0 Å². The number of nitrogens with zero attached hydrogens (tertiary/aromatic N) is 1. The Morgan fingerprint density at radius 1 is 0.654 bits per heavy atom. The quantitative estimate of drug-likeness (QED) is 0.473. The molecule has 0 amide bonds. The van der Waals surface area contributed by atoms with Crippen LogP contribution in [-0.4, -0.2) is 0 Å². The molecule has 3 aromatic carbocycles. The summed E-state index contributed by atoms with van der Waals surface area (Å²) in [7, 11) is 0. The molecule has 1 nitrogen and oxygen atoms in total. The lowest BCUT2D eigenvalue weighted by atomic mass is 10.2. The van der Waals surface area contributed by atoms with Gasteiger partial charge in [0.25, 0.3) is 0 Å². The molecule has 0 fully saturated rings. The van der Waals surface area contributed by atoms with E-state index in [1.807, 2.05) is 62.4 Å². The predicted molar refractivity (Wildman–Crippen MR) is 113 cm³/mol. The molecule has 0 N–H and O–H groups in total. The molecule has 3 aromatic rings. The number of benzene rings is 3. The van der Waals surface area contributed by atoms with Crippen molar-refractivity contribution in [3.8, 4) is 6.07 Å². The standard InChI is InChI=1S/C9H10.C8H7N.C8H10/c1-2-6-9-7-4-3-5-8-9;1-7-2-4-8(6-9)5-3-7;1-7-3-5-8(2)6-4-7/h2-8H,1H3;2-5H,1H3;3-6H,1-2H3/b6-2+;;. The Morgan fingerprint density at radius 3 is 1.46 bits per heavy atom. The summed E-state index contributed by atoms with van der Waals surface area (Å²) in [6.07, 6.45) is 4.12. The van der Waals surface area contributed by atoms with Crippen molar-refractivity contribution in [2.24, 2.45) is 0 Å². The number of hydrogen-bond donors (Lipinski definition) is 0. The summed E-state index contributed by atoms with van der Waals surface area (Å²) in [5.74, 6) is 0. The van der Waals surface area contributed by atoms with Crippen LogP contribution in [0.3, 0.4) is 0 Å². The Morgan fingerprint density at radius 2 is 1.08 bits per heavy atom. The highest BCUT2D eigenvalue weighted by atomic mass is 14.2. The average Bonchev–Trinajstić information content (AvgIpc) is 2.67. The van der Waals surface area contributed by atoms with Crippen LogP contribution < -0.4 is 0 Å². The fraction of sp³-hybridized carbons (Fsp3) is 0.160. The Bertz CT molecular complexity index is 784. The maximum atomic E-state index is 8.38. The van der Waals surface area contributed by atoms with Crippen molar-refractivity contribution in [2.45, 2.75) is 27.7 Å². The van der Waals surface area contributed by atoms with Crippen molar-refractivity contribution >= 4 is 6.08 Å². The minimum Gasteiger partial charge on any atom is -0.192 e. The van der Waals surface area contributed by atoms with Crippen LogP contribution in [-0.2, 0) is 0 Å².